The van der Waals surface area contributed by atoms with Crippen LogP contribution in [0.1, 0.15) is 25.3 Å². The third-order valence-electron chi connectivity index (χ3n) is 2.53. The van der Waals surface area contributed by atoms with Gasteiger partial charge in [0.05, 0.1) is 5.92 Å². The van der Waals surface area contributed by atoms with Crippen molar-refractivity contribution >= 4 is 11.6 Å². The van der Waals surface area contributed by atoms with E-state index in [-0.39, 0.29) is 17.9 Å². The van der Waals surface area contributed by atoms with Crippen molar-refractivity contribution in [2.45, 2.75) is 25.8 Å². The van der Waals surface area contributed by atoms with E-state index in [0.717, 1.165) is 5.56 Å². The first-order chi connectivity index (χ1) is 7.54. The van der Waals surface area contributed by atoms with Crippen molar-refractivity contribution in [1.82, 2.24) is 5.32 Å². The summed E-state index contributed by atoms with van der Waals surface area (Å²) in [5.41, 5.74) is 7.28. The number of hydrogen-bond acceptors (Lipinski definition) is 2. The number of rotatable bonds is 4. The summed E-state index contributed by atoms with van der Waals surface area (Å²) < 4.78 is 0. The average Bonchev–Trinajstić information content (AvgIpc) is 2.27. The molecule has 1 amide bonds. The number of hydrogen-bond donors (Lipinski definition) is 2. The molecule has 0 heterocycles. The van der Waals surface area contributed by atoms with Crippen LogP contribution in [-0.4, -0.2) is 11.9 Å². The number of nitrogens with two attached hydrogens (primary N) is 1. The molecule has 2 atom stereocenters. The summed E-state index contributed by atoms with van der Waals surface area (Å²) in [6.45, 7) is 7.37. The first kappa shape index (κ1) is 12.3. The average molecular weight is 218 g/mol. The van der Waals surface area contributed by atoms with Gasteiger partial charge in [0.1, 0.15) is 0 Å². The highest BCUT2D eigenvalue weighted by Gasteiger charge is 2.15. The number of amides is 1. The zero-order chi connectivity index (χ0) is 12.1. The smallest absolute Gasteiger partial charge is 0.227 e. The normalized spacial score (nSPS) is 13.9. The second kappa shape index (κ2) is 5.35. The van der Waals surface area contributed by atoms with Crippen LogP contribution in [0.3, 0.4) is 0 Å². The summed E-state index contributed by atoms with van der Waals surface area (Å²) >= 11 is 0. The lowest BCUT2D eigenvalue weighted by Crippen LogP contribution is -2.34. The fourth-order valence-corrected chi connectivity index (χ4v) is 1.39. The second-order valence-electron chi connectivity index (χ2n) is 3.92. The Kier molecular flexibility index (Phi) is 4.11. The maximum atomic E-state index is 11.8. The molecule has 1 aromatic rings. The van der Waals surface area contributed by atoms with Gasteiger partial charge in [0.25, 0.3) is 0 Å². The summed E-state index contributed by atoms with van der Waals surface area (Å²) in [6.07, 6.45) is 1.70. The van der Waals surface area contributed by atoms with Crippen molar-refractivity contribution in [1.29, 1.82) is 0 Å². The van der Waals surface area contributed by atoms with Gasteiger partial charge >= 0.3 is 0 Å². The quantitative estimate of drug-likeness (QED) is 0.600. The lowest BCUT2D eigenvalue weighted by molar-refractivity contribution is -0.122. The third kappa shape index (κ3) is 3.12. The second-order valence-corrected chi connectivity index (χ2v) is 3.92. The standard InChI is InChI=1S/C13H18N2O/c1-4-9(2)15-13(16)10(3)11-6-5-7-12(14)8-11/h4-10H,1,14H2,2-3H3,(H,15,16). The first-order valence-electron chi connectivity index (χ1n) is 5.33. The fraction of sp³-hybridized carbons (Fsp3) is 0.308. The Bertz CT molecular complexity index is 387. The van der Waals surface area contributed by atoms with Gasteiger partial charge in [-0.15, -0.1) is 6.58 Å². The largest absolute Gasteiger partial charge is 0.399 e. The number of benzene rings is 1. The van der Waals surface area contributed by atoms with Crippen molar-refractivity contribution in [2.24, 2.45) is 0 Å². The van der Waals surface area contributed by atoms with E-state index in [2.05, 4.69) is 11.9 Å². The molecule has 2 unspecified atom stereocenters. The zero-order valence-corrected chi connectivity index (χ0v) is 9.73. The molecule has 0 bridgehead atoms. The Morgan fingerprint density at radius 1 is 1.50 bits per heavy atom. The Morgan fingerprint density at radius 2 is 2.19 bits per heavy atom. The van der Waals surface area contributed by atoms with Gasteiger partial charge in [-0.05, 0) is 31.5 Å². The van der Waals surface area contributed by atoms with Crippen molar-refractivity contribution in [2.75, 3.05) is 5.73 Å². The van der Waals surface area contributed by atoms with Crippen LogP contribution in [0.15, 0.2) is 36.9 Å². The molecule has 0 aliphatic rings. The highest BCUT2D eigenvalue weighted by atomic mass is 16.1. The minimum atomic E-state index is -0.203. The summed E-state index contributed by atoms with van der Waals surface area (Å²) in [5.74, 6) is -0.219. The fourth-order valence-electron chi connectivity index (χ4n) is 1.39. The molecule has 16 heavy (non-hydrogen) atoms. The van der Waals surface area contributed by atoms with Gasteiger partial charge in [-0.3, -0.25) is 4.79 Å². The summed E-state index contributed by atoms with van der Waals surface area (Å²) in [5, 5.41) is 2.85. The number of anilines is 1. The van der Waals surface area contributed by atoms with Crippen LogP contribution < -0.4 is 11.1 Å². The predicted molar refractivity (Wildman–Crippen MR) is 67.1 cm³/mol. The van der Waals surface area contributed by atoms with Gasteiger partial charge < -0.3 is 11.1 Å². The van der Waals surface area contributed by atoms with Crippen molar-refractivity contribution in [3.05, 3.63) is 42.5 Å². The molecule has 1 rings (SSSR count). The number of nitrogen functional groups attached to an aromatic ring is 1. The Balaban J connectivity index is 2.74. The summed E-state index contributed by atoms with van der Waals surface area (Å²) in [7, 11) is 0. The highest BCUT2D eigenvalue weighted by molar-refractivity contribution is 5.83. The molecule has 0 saturated heterocycles. The van der Waals surface area contributed by atoms with Gasteiger partial charge in [0.2, 0.25) is 5.91 Å². The van der Waals surface area contributed by atoms with E-state index in [9.17, 15) is 4.79 Å². The Labute approximate surface area is 96.3 Å². The molecule has 0 aromatic heterocycles. The third-order valence-corrected chi connectivity index (χ3v) is 2.53. The number of carbonyl (C=O) groups excluding carboxylic acids is 1. The van der Waals surface area contributed by atoms with E-state index < -0.39 is 0 Å². The number of nitrogens with one attached hydrogen (secondary N) is 1. The van der Waals surface area contributed by atoms with E-state index in [1.165, 1.54) is 0 Å². The van der Waals surface area contributed by atoms with Gasteiger partial charge in [-0.2, -0.15) is 0 Å². The molecule has 0 spiro atoms. The maximum absolute atomic E-state index is 11.8. The predicted octanol–water partition coefficient (Wildman–Crippen LogP) is 2.06. The van der Waals surface area contributed by atoms with Gasteiger partial charge in [-0.25, -0.2) is 0 Å². The molecule has 3 heteroatoms. The van der Waals surface area contributed by atoms with Crippen LogP contribution >= 0.6 is 0 Å². The van der Waals surface area contributed by atoms with Crippen LogP contribution in [0.25, 0.3) is 0 Å². The van der Waals surface area contributed by atoms with Crippen LogP contribution in [0, 0.1) is 0 Å². The van der Waals surface area contributed by atoms with Crippen LogP contribution in [0.2, 0.25) is 0 Å². The molecule has 0 aliphatic heterocycles. The molecule has 0 fully saturated rings. The molecular weight excluding hydrogens is 200 g/mol. The first-order valence-corrected chi connectivity index (χ1v) is 5.33. The Hall–Kier alpha value is -1.77. The van der Waals surface area contributed by atoms with E-state index in [4.69, 9.17) is 5.73 Å². The molecule has 0 saturated carbocycles. The summed E-state index contributed by atoms with van der Waals surface area (Å²) in [6, 6.07) is 7.37. The monoisotopic (exact) mass is 218 g/mol. The van der Waals surface area contributed by atoms with E-state index >= 15 is 0 Å². The van der Waals surface area contributed by atoms with Crippen molar-refractivity contribution < 1.29 is 4.79 Å². The molecule has 1 aromatic carbocycles. The molecule has 3 N–H and O–H groups in total. The van der Waals surface area contributed by atoms with Gasteiger partial charge in [0, 0.05) is 11.7 Å². The molecule has 0 radical (unpaired) electrons. The molecular formula is C13H18N2O. The van der Waals surface area contributed by atoms with E-state index in [1.807, 2.05) is 32.0 Å². The van der Waals surface area contributed by atoms with Gasteiger partial charge in [0.15, 0.2) is 0 Å². The summed E-state index contributed by atoms with van der Waals surface area (Å²) in [4.78, 5) is 11.8. The SMILES string of the molecule is C=CC(C)NC(=O)C(C)c1cccc(N)c1. The molecule has 3 nitrogen and oxygen atoms in total. The van der Waals surface area contributed by atoms with E-state index in [1.54, 1.807) is 12.1 Å². The van der Waals surface area contributed by atoms with Crippen molar-refractivity contribution in [3.8, 4) is 0 Å². The highest BCUT2D eigenvalue weighted by Crippen LogP contribution is 2.17. The van der Waals surface area contributed by atoms with Crippen molar-refractivity contribution in [3.63, 3.8) is 0 Å². The molecule has 86 valence electrons. The minimum absolute atomic E-state index is 0.0157. The van der Waals surface area contributed by atoms with E-state index in [0.29, 0.717) is 5.69 Å². The maximum Gasteiger partial charge on any atom is 0.227 e. The van der Waals surface area contributed by atoms with Crippen LogP contribution in [0.5, 0.6) is 0 Å². The lowest BCUT2D eigenvalue weighted by atomic mass is 9.99. The zero-order valence-electron chi connectivity index (χ0n) is 9.73. The lowest BCUT2D eigenvalue weighted by Gasteiger charge is -2.15. The topological polar surface area (TPSA) is 55.1 Å². The van der Waals surface area contributed by atoms with Crippen LogP contribution in [0.4, 0.5) is 5.69 Å². The number of carbonyl (C=O) groups is 1. The van der Waals surface area contributed by atoms with Gasteiger partial charge in [-0.1, -0.05) is 18.2 Å². The van der Waals surface area contributed by atoms with Crippen LogP contribution in [-0.2, 0) is 4.79 Å². The Morgan fingerprint density at radius 3 is 2.75 bits per heavy atom. The minimum Gasteiger partial charge on any atom is -0.399 e. The molecule has 0 aliphatic carbocycles.